The zero-order valence-corrected chi connectivity index (χ0v) is 13.7. The molecule has 0 saturated heterocycles. The second-order valence-corrected chi connectivity index (χ2v) is 6.38. The van der Waals surface area contributed by atoms with Crippen molar-refractivity contribution in [1.29, 1.82) is 0 Å². The lowest BCUT2D eigenvalue weighted by Gasteiger charge is -2.00. The molecule has 2 aromatic rings. The Bertz CT molecular complexity index is 557. The van der Waals surface area contributed by atoms with E-state index in [1.54, 1.807) is 17.4 Å². The maximum Gasteiger partial charge on any atom is 0.149 e. The molecule has 20 heavy (non-hydrogen) atoms. The molecule has 3 nitrogen and oxygen atoms in total. The van der Waals surface area contributed by atoms with Gasteiger partial charge in [0.25, 0.3) is 0 Å². The first-order valence-electron chi connectivity index (χ1n) is 6.69. The monoisotopic (exact) mass is 329 g/mol. The van der Waals surface area contributed by atoms with Crippen LogP contribution in [-0.4, -0.2) is 23.3 Å². The smallest absolute Gasteiger partial charge is 0.149 e. The second-order valence-electron chi connectivity index (χ2n) is 4.48. The molecule has 0 fully saturated rings. The third-order valence-electron chi connectivity index (χ3n) is 2.80. The van der Waals surface area contributed by atoms with Crippen LogP contribution in [0.15, 0.2) is 18.2 Å². The van der Waals surface area contributed by atoms with Crippen molar-refractivity contribution >= 4 is 34.5 Å². The lowest BCUT2D eigenvalue weighted by atomic mass is 10.2. The third-order valence-corrected chi connectivity index (χ3v) is 4.36. The molecule has 0 aliphatic rings. The molecular formula is C14H17Cl2N3S. The van der Waals surface area contributed by atoms with E-state index in [1.165, 1.54) is 0 Å². The van der Waals surface area contributed by atoms with Crippen LogP contribution in [0.3, 0.4) is 0 Å². The van der Waals surface area contributed by atoms with Crippen LogP contribution in [0, 0.1) is 0 Å². The van der Waals surface area contributed by atoms with E-state index in [9.17, 15) is 0 Å². The summed E-state index contributed by atoms with van der Waals surface area (Å²) >= 11 is 13.7. The van der Waals surface area contributed by atoms with Crippen molar-refractivity contribution in [3.05, 3.63) is 33.3 Å². The molecule has 0 bridgehead atoms. The van der Waals surface area contributed by atoms with Gasteiger partial charge in [-0.3, -0.25) is 0 Å². The molecule has 0 amide bonds. The van der Waals surface area contributed by atoms with Crippen molar-refractivity contribution in [2.45, 2.75) is 26.2 Å². The summed E-state index contributed by atoms with van der Waals surface area (Å²) in [5, 5.41) is 15.0. The molecule has 1 N–H and O–H groups in total. The maximum atomic E-state index is 6.18. The predicted octanol–water partition coefficient (Wildman–Crippen LogP) is 4.44. The Kier molecular flexibility index (Phi) is 6.23. The van der Waals surface area contributed by atoms with Crippen molar-refractivity contribution in [3.8, 4) is 10.6 Å². The zero-order chi connectivity index (χ0) is 14.4. The molecule has 0 radical (unpaired) electrons. The molecule has 0 spiro atoms. The maximum absolute atomic E-state index is 6.18. The van der Waals surface area contributed by atoms with E-state index in [2.05, 4.69) is 22.4 Å². The summed E-state index contributed by atoms with van der Waals surface area (Å²) in [5.41, 5.74) is 0.893. The number of aromatic nitrogens is 2. The van der Waals surface area contributed by atoms with Crippen molar-refractivity contribution in [2.75, 3.05) is 13.1 Å². The fourth-order valence-electron chi connectivity index (χ4n) is 1.79. The van der Waals surface area contributed by atoms with Crippen molar-refractivity contribution in [1.82, 2.24) is 15.5 Å². The fraction of sp³-hybridized carbons (Fsp3) is 0.429. The number of aryl methyl sites for hydroxylation is 1. The van der Waals surface area contributed by atoms with Gasteiger partial charge in [-0.05, 0) is 44.1 Å². The summed E-state index contributed by atoms with van der Waals surface area (Å²) in [6.45, 7) is 4.26. The van der Waals surface area contributed by atoms with Crippen LogP contribution >= 0.6 is 34.5 Å². The summed E-state index contributed by atoms with van der Waals surface area (Å²) in [7, 11) is 0. The Morgan fingerprint density at radius 1 is 1.20 bits per heavy atom. The lowest BCUT2D eigenvalue weighted by Crippen LogP contribution is -2.16. The molecule has 0 atom stereocenters. The number of halogens is 2. The molecule has 1 aromatic heterocycles. The van der Waals surface area contributed by atoms with Gasteiger partial charge in [-0.15, -0.1) is 10.2 Å². The number of rotatable bonds is 7. The molecule has 0 unspecified atom stereocenters. The highest BCUT2D eigenvalue weighted by molar-refractivity contribution is 7.14. The fourth-order valence-corrected chi connectivity index (χ4v) is 3.27. The summed E-state index contributed by atoms with van der Waals surface area (Å²) in [6.07, 6.45) is 3.18. The molecule has 2 rings (SSSR count). The van der Waals surface area contributed by atoms with Gasteiger partial charge in [-0.2, -0.15) is 0 Å². The van der Waals surface area contributed by atoms with Crippen LogP contribution in [0.4, 0.5) is 0 Å². The Balaban J connectivity index is 1.95. The second kappa shape index (κ2) is 7.93. The van der Waals surface area contributed by atoms with Gasteiger partial charge in [0.1, 0.15) is 10.0 Å². The highest BCUT2D eigenvalue weighted by Gasteiger charge is 2.10. The molecule has 6 heteroatoms. The number of nitrogens with one attached hydrogen (secondary N) is 1. The van der Waals surface area contributed by atoms with Crippen LogP contribution < -0.4 is 5.32 Å². The summed E-state index contributed by atoms with van der Waals surface area (Å²) < 4.78 is 0. The van der Waals surface area contributed by atoms with Crippen LogP contribution in [0.1, 0.15) is 24.8 Å². The van der Waals surface area contributed by atoms with Crippen molar-refractivity contribution in [2.24, 2.45) is 0 Å². The van der Waals surface area contributed by atoms with Gasteiger partial charge in [-0.1, -0.05) is 41.5 Å². The first-order chi connectivity index (χ1) is 9.70. The van der Waals surface area contributed by atoms with Gasteiger partial charge < -0.3 is 5.32 Å². The molecule has 0 saturated carbocycles. The molecule has 1 aromatic carbocycles. The van der Waals surface area contributed by atoms with Crippen molar-refractivity contribution in [3.63, 3.8) is 0 Å². The lowest BCUT2D eigenvalue weighted by molar-refractivity contribution is 0.637. The highest BCUT2D eigenvalue weighted by Crippen LogP contribution is 2.32. The Morgan fingerprint density at radius 2 is 2.05 bits per heavy atom. The minimum absolute atomic E-state index is 0.616. The van der Waals surface area contributed by atoms with E-state index in [-0.39, 0.29) is 0 Å². The van der Waals surface area contributed by atoms with E-state index >= 15 is 0 Å². The highest BCUT2D eigenvalue weighted by atomic mass is 35.5. The first-order valence-corrected chi connectivity index (χ1v) is 8.26. The first kappa shape index (κ1) is 15.7. The van der Waals surface area contributed by atoms with Crippen LogP contribution in [-0.2, 0) is 6.42 Å². The third kappa shape index (κ3) is 4.42. The van der Waals surface area contributed by atoms with Gasteiger partial charge in [0.15, 0.2) is 0 Å². The SMILES string of the molecule is CCCNCCCc1nnc(-c2ccc(Cl)cc2Cl)s1. The van der Waals surface area contributed by atoms with Gasteiger partial charge in [-0.25, -0.2) is 0 Å². The average molecular weight is 330 g/mol. The molecule has 1 heterocycles. The minimum atomic E-state index is 0.616. The van der Waals surface area contributed by atoms with E-state index in [1.807, 2.05) is 12.1 Å². The average Bonchev–Trinajstić information content (AvgIpc) is 2.87. The number of benzene rings is 1. The van der Waals surface area contributed by atoms with Gasteiger partial charge in [0, 0.05) is 17.0 Å². The topological polar surface area (TPSA) is 37.8 Å². The molecule has 0 aliphatic carbocycles. The summed E-state index contributed by atoms with van der Waals surface area (Å²) in [5.74, 6) is 0. The van der Waals surface area contributed by atoms with E-state index in [0.717, 1.165) is 47.9 Å². The minimum Gasteiger partial charge on any atom is -0.317 e. The van der Waals surface area contributed by atoms with E-state index < -0.39 is 0 Å². The number of nitrogens with zero attached hydrogens (tertiary/aromatic N) is 2. The zero-order valence-electron chi connectivity index (χ0n) is 11.3. The Labute approximate surface area is 133 Å². The standard InChI is InChI=1S/C14H17Cl2N3S/c1-2-7-17-8-3-4-13-18-19-14(20-13)11-6-5-10(15)9-12(11)16/h5-6,9,17H,2-4,7-8H2,1H3. The van der Waals surface area contributed by atoms with Crippen LogP contribution in [0.2, 0.25) is 10.0 Å². The number of hydrogen-bond donors (Lipinski definition) is 1. The predicted molar refractivity (Wildman–Crippen MR) is 86.8 cm³/mol. The van der Waals surface area contributed by atoms with E-state index in [4.69, 9.17) is 23.2 Å². The van der Waals surface area contributed by atoms with Gasteiger partial charge >= 0.3 is 0 Å². The summed E-state index contributed by atoms with van der Waals surface area (Å²) in [6, 6.07) is 5.43. The van der Waals surface area contributed by atoms with E-state index in [0.29, 0.717) is 10.0 Å². The Morgan fingerprint density at radius 3 is 2.80 bits per heavy atom. The Hall–Kier alpha value is -0.680. The van der Waals surface area contributed by atoms with Crippen LogP contribution in [0.5, 0.6) is 0 Å². The van der Waals surface area contributed by atoms with Gasteiger partial charge in [0.2, 0.25) is 0 Å². The normalized spacial score (nSPS) is 10.9. The van der Waals surface area contributed by atoms with Crippen LogP contribution in [0.25, 0.3) is 10.6 Å². The van der Waals surface area contributed by atoms with Gasteiger partial charge in [0.05, 0.1) is 5.02 Å². The van der Waals surface area contributed by atoms with Crippen molar-refractivity contribution < 1.29 is 0 Å². The quantitative estimate of drug-likeness (QED) is 0.763. The molecule has 108 valence electrons. The number of hydrogen-bond acceptors (Lipinski definition) is 4. The summed E-state index contributed by atoms with van der Waals surface area (Å²) in [4.78, 5) is 0. The largest absolute Gasteiger partial charge is 0.317 e. The molecule has 0 aliphatic heterocycles. The molecular weight excluding hydrogens is 313 g/mol.